The molecule has 2 aromatic rings. The molecule has 1 N–H and O–H groups in total. The molecule has 110 valence electrons. The predicted octanol–water partition coefficient (Wildman–Crippen LogP) is 1.88. The van der Waals surface area contributed by atoms with Crippen molar-refractivity contribution >= 4 is 23.2 Å². The highest BCUT2D eigenvalue weighted by Crippen LogP contribution is 2.15. The molecule has 0 saturated heterocycles. The highest BCUT2D eigenvalue weighted by atomic mass is 32.1. The fourth-order valence-corrected chi connectivity index (χ4v) is 2.40. The van der Waals surface area contributed by atoms with Gasteiger partial charge < -0.3 is 14.7 Å². The third-order valence-corrected chi connectivity index (χ3v) is 3.58. The van der Waals surface area contributed by atoms with Crippen LogP contribution in [0.4, 0.5) is 0 Å². The zero-order valence-corrected chi connectivity index (χ0v) is 12.2. The number of ether oxygens (including phenoxy) is 1. The molecule has 0 aliphatic carbocycles. The standard InChI is InChI=1S/C14H14N2O4S/c1-16(8-10-4-3-7-21-10)12(17)9-20-11-5-2-6-15-13(11)14(18)19/h2-7H,8-9H2,1H3,(H,18,19). The van der Waals surface area contributed by atoms with E-state index in [4.69, 9.17) is 9.84 Å². The predicted molar refractivity (Wildman–Crippen MR) is 77.5 cm³/mol. The minimum atomic E-state index is -1.19. The molecule has 21 heavy (non-hydrogen) atoms. The lowest BCUT2D eigenvalue weighted by Gasteiger charge is -2.16. The van der Waals surface area contributed by atoms with E-state index in [1.54, 1.807) is 24.5 Å². The molecule has 2 heterocycles. The molecule has 2 aromatic heterocycles. The van der Waals surface area contributed by atoms with Gasteiger partial charge in [-0.05, 0) is 23.6 Å². The van der Waals surface area contributed by atoms with E-state index in [0.717, 1.165) is 4.88 Å². The number of carbonyl (C=O) groups is 2. The minimum absolute atomic E-state index is 0.0860. The molecule has 1 amide bonds. The third-order valence-electron chi connectivity index (χ3n) is 2.72. The molecule has 0 atom stereocenters. The summed E-state index contributed by atoms with van der Waals surface area (Å²) in [6, 6.07) is 6.90. The summed E-state index contributed by atoms with van der Waals surface area (Å²) in [5, 5.41) is 10.9. The molecule has 0 radical (unpaired) electrons. The molecular weight excluding hydrogens is 292 g/mol. The van der Waals surface area contributed by atoms with E-state index in [1.165, 1.54) is 17.2 Å². The first-order valence-corrected chi connectivity index (χ1v) is 7.03. The van der Waals surface area contributed by atoms with Gasteiger partial charge in [0.1, 0.15) is 0 Å². The van der Waals surface area contributed by atoms with Gasteiger partial charge in [-0.2, -0.15) is 0 Å². The van der Waals surface area contributed by atoms with E-state index in [2.05, 4.69) is 4.98 Å². The summed E-state index contributed by atoms with van der Waals surface area (Å²) in [5.74, 6) is -1.34. The SMILES string of the molecule is CN(Cc1cccs1)C(=O)COc1cccnc1C(=O)O. The number of aromatic nitrogens is 1. The summed E-state index contributed by atoms with van der Waals surface area (Å²) < 4.78 is 5.27. The van der Waals surface area contributed by atoms with E-state index in [0.29, 0.717) is 6.54 Å². The Hall–Kier alpha value is -2.41. The average Bonchev–Trinajstić information content (AvgIpc) is 2.97. The van der Waals surface area contributed by atoms with Crippen molar-refractivity contribution in [1.82, 2.24) is 9.88 Å². The van der Waals surface area contributed by atoms with Crippen LogP contribution in [0.25, 0.3) is 0 Å². The number of carboxylic acids is 1. The lowest BCUT2D eigenvalue weighted by atomic mass is 10.3. The first kappa shape index (κ1) is 15.0. The second-order valence-corrected chi connectivity index (χ2v) is 5.31. The van der Waals surface area contributed by atoms with Crippen LogP contribution in [-0.2, 0) is 11.3 Å². The van der Waals surface area contributed by atoms with Gasteiger partial charge in [0.2, 0.25) is 0 Å². The van der Waals surface area contributed by atoms with E-state index >= 15 is 0 Å². The Balaban J connectivity index is 1.93. The van der Waals surface area contributed by atoms with E-state index in [-0.39, 0.29) is 24.0 Å². The first-order chi connectivity index (χ1) is 10.1. The minimum Gasteiger partial charge on any atom is -0.481 e. The number of carboxylic acid groups (broad SMARTS) is 1. The summed E-state index contributed by atoms with van der Waals surface area (Å²) in [5.41, 5.74) is -0.203. The Kier molecular flexibility index (Phi) is 4.89. The molecule has 0 spiro atoms. The first-order valence-electron chi connectivity index (χ1n) is 6.15. The Morgan fingerprint density at radius 3 is 2.86 bits per heavy atom. The van der Waals surface area contributed by atoms with Crippen LogP contribution in [0.5, 0.6) is 5.75 Å². The molecule has 6 nitrogen and oxygen atoms in total. The van der Waals surface area contributed by atoms with Crippen LogP contribution in [0, 0.1) is 0 Å². The third kappa shape index (κ3) is 4.03. The topological polar surface area (TPSA) is 79.7 Å². The van der Waals surface area contributed by atoms with Gasteiger partial charge in [-0.15, -0.1) is 11.3 Å². The zero-order chi connectivity index (χ0) is 15.2. The summed E-state index contributed by atoms with van der Waals surface area (Å²) in [6.07, 6.45) is 1.36. The summed E-state index contributed by atoms with van der Waals surface area (Å²) in [4.78, 5) is 29.2. The van der Waals surface area contributed by atoms with Crippen LogP contribution in [0.3, 0.4) is 0 Å². The number of aromatic carboxylic acids is 1. The molecule has 2 rings (SSSR count). The zero-order valence-electron chi connectivity index (χ0n) is 11.4. The number of likely N-dealkylation sites (N-methyl/N-ethyl adjacent to an activating group) is 1. The Labute approximate surface area is 125 Å². The second-order valence-electron chi connectivity index (χ2n) is 4.27. The van der Waals surface area contributed by atoms with Gasteiger partial charge in [0.15, 0.2) is 18.1 Å². The number of carbonyl (C=O) groups excluding carboxylic acids is 1. The summed E-state index contributed by atoms with van der Waals surface area (Å²) in [6.45, 7) is 0.270. The van der Waals surface area contributed by atoms with Gasteiger partial charge in [0, 0.05) is 18.1 Å². The van der Waals surface area contributed by atoms with Crippen LogP contribution in [0.15, 0.2) is 35.8 Å². The van der Waals surface area contributed by atoms with Gasteiger partial charge in [-0.1, -0.05) is 6.07 Å². The number of thiophene rings is 1. The molecule has 0 unspecified atom stereocenters. The van der Waals surface area contributed by atoms with Crippen molar-refractivity contribution in [2.75, 3.05) is 13.7 Å². The fourth-order valence-electron chi connectivity index (χ4n) is 1.64. The number of nitrogens with zero attached hydrogens (tertiary/aromatic N) is 2. The molecule has 7 heteroatoms. The van der Waals surface area contributed by atoms with E-state index < -0.39 is 5.97 Å². The van der Waals surface area contributed by atoms with Gasteiger partial charge in [-0.25, -0.2) is 9.78 Å². The molecule has 0 aliphatic heterocycles. The molecular formula is C14H14N2O4S. The largest absolute Gasteiger partial charge is 0.481 e. The maximum absolute atomic E-state index is 12.0. The Morgan fingerprint density at radius 1 is 1.38 bits per heavy atom. The van der Waals surface area contributed by atoms with Crippen molar-refractivity contribution in [2.45, 2.75) is 6.54 Å². The van der Waals surface area contributed by atoms with Gasteiger partial charge in [0.25, 0.3) is 5.91 Å². The number of hydrogen-bond donors (Lipinski definition) is 1. The quantitative estimate of drug-likeness (QED) is 0.881. The van der Waals surface area contributed by atoms with Gasteiger partial charge >= 0.3 is 5.97 Å². The normalized spacial score (nSPS) is 10.1. The van der Waals surface area contributed by atoms with Crippen molar-refractivity contribution in [3.05, 3.63) is 46.4 Å². The fraction of sp³-hybridized carbons (Fsp3) is 0.214. The van der Waals surface area contributed by atoms with Crippen molar-refractivity contribution < 1.29 is 19.4 Å². The molecule has 0 aliphatic rings. The van der Waals surface area contributed by atoms with Gasteiger partial charge in [0.05, 0.1) is 6.54 Å². The lowest BCUT2D eigenvalue weighted by Crippen LogP contribution is -2.30. The second kappa shape index (κ2) is 6.85. The Morgan fingerprint density at radius 2 is 2.19 bits per heavy atom. The van der Waals surface area contributed by atoms with Gasteiger partial charge in [-0.3, -0.25) is 4.79 Å². The average molecular weight is 306 g/mol. The van der Waals surface area contributed by atoms with Crippen LogP contribution >= 0.6 is 11.3 Å². The van der Waals surface area contributed by atoms with Crippen molar-refractivity contribution in [1.29, 1.82) is 0 Å². The Bertz CT molecular complexity index is 628. The van der Waals surface area contributed by atoms with Crippen molar-refractivity contribution in [3.63, 3.8) is 0 Å². The number of amides is 1. The smallest absolute Gasteiger partial charge is 0.358 e. The number of rotatable bonds is 6. The van der Waals surface area contributed by atoms with E-state index in [9.17, 15) is 9.59 Å². The highest BCUT2D eigenvalue weighted by Gasteiger charge is 2.15. The van der Waals surface area contributed by atoms with Crippen molar-refractivity contribution in [2.24, 2.45) is 0 Å². The van der Waals surface area contributed by atoms with Crippen LogP contribution in [0.2, 0.25) is 0 Å². The van der Waals surface area contributed by atoms with Crippen LogP contribution in [0.1, 0.15) is 15.4 Å². The van der Waals surface area contributed by atoms with E-state index in [1.807, 2.05) is 17.5 Å². The molecule has 0 bridgehead atoms. The molecule has 0 aromatic carbocycles. The van der Waals surface area contributed by atoms with Crippen molar-refractivity contribution in [3.8, 4) is 5.75 Å². The monoisotopic (exact) mass is 306 g/mol. The lowest BCUT2D eigenvalue weighted by molar-refractivity contribution is -0.132. The maximum Gasteiger partial charge on any atom is 0.358 e. The maximum atomic E-state index is 12.0. The number of hydrogen-bond acceptors (Lipinski definition) is 5. The van der Waals surface area contributed by atoms with Crippen LogP contribution < -0.4 is 4.74 Å². The molecule has 0 fully saturated rings. The molecule has 0 saturated carbocycles. The van der Waals surface area contributed by atoms with Crippen LogP contribution in [-0.4, -0.2) is 40.5 Å². The highest BCUT2D eigenvalue weighted by molar-refractivity contribution is 7.09. The summed E-state index contributed by atoms with van der Waals surface area (Å²) in [7, 11) is 1.67. The number of pyridine rings is 1. The summed E-state index contributed by atoms with van der Waals surface area (Å²) >= 11 is 1.57.